The van der Waals surface area contributed by atoms with Gasteiger partial charge in [0.05, 0.1) is 17.6 Å². The lowest BCUT2D eigenvalue weighted by atomic mass is 10.1. The summed E-state index contributed by atoms with van der Waals surface area (Å²) in [6.07, 6.45) is 0. The van der Waals surface area contributed by atoms with Gasteiger partial charge in [-0.1, -0.05) is 55.8 Å². The van der Waals surface area contributed by atoms with Crippen LogP contribution in [0, 0.1) is 19.8 Å². The van der Waals surface area contributed by atoms with Crippen LogP contribution in [0.2, 0.25) is 0 Å². The van der Waals surface area contributed by atoms with E-state index in [9.17, 15) is 4.79 Å². The van der Waals surface area contributed by atoms with E-state index in [4.69, 9.17) is 15.0 Å². The van der Waals surface area contributed by atoms with E-state index in [1.165, 1.54) is 5.56 Å². The van der Waals surface area contributed by atoms with Crippen LogP contribution >= 0.6 is 0 Å². The largest absolute Gasteiger partial charge is 0.304 e. The van der Waals surface area contributed by atoms with E-state index in [-0.39, 0.29) is 5.56 Å². The molecule has 6 nitrogen and oxygen atoms in total. The van der Waals surface area contributed by atoms with Gasteiger partial charge >= 0.3 is 0 Å². The predicted molar refractivity (Wildman–Crippen MR) is 124 cm³/mol. The first-order chi connectivity index (χ1) is 14.9. The van der Waals surface area contributed by atoms with E-state index in [1.807, 2.05) is 35.8 Å². The highest BCUT2D eigenvalue weighted by atomic mass is 16.1. The molecule has 0 atom stereocenters. The van der Waals surface area contributed by atoms with E-state index < -0.39 is 0 Å². The summed E-state index contributed by atoms with van der Waals surface area (Å²) in [5.41, 5.74) is 5.84. The van der Waals surface area contributed by atoms with Gasteiger partial charge in [0.2, 0.25) is 0 Å². The van der Waals surface area contributed by atoms with Gasteiger partial charge in [0.25, 0.3) is 5.56 Å². The molecule has 0 N–H and O–H groups in total. The van der Waals surface area contributed by atoms with Gasteiger partial charge in [-0.2, -0.15) is 0 Å². The summed E-state index contributed by atoms with van der Waals surface area (Å²) in [5, 5.41) is 0.548. The second kappa shape index (κ2) is 7.30. The fourth-order valence-electron chi connectivity index (χ4n) is 4.10. The minimum absolute atomic E-state index is 0.0477. The summed E-state index contributed by atoms with van der Waals surface area (Å²) in [5.74, 6) is 1.05. The molecule has 0 aliphatic heterocycles. The molecule has 31 heavy (non-hydrogen) atoms. The van der Waals surface area contributed by atoms with Crippen molar-refractivity contribution in [2.45, 2.75) is 40.8 Å². The predicted octanol–water partition coefficient (Wildman–Crippen LogP) is 4.62. The fraction of sp³-hybridized carbons (Fsp3) is 0.280. The van der Waals surface area contributed by atoms with E-state index in [2.05, 4.69) is 45.0 Å². The Morgan fingerprint density at radius 2 is 1.52 bits per heavy atom. The Bertz CT molecular complexity index is 1490. The molecule has 0 unspecified atom stereocenters. The minimum atomic E-state index is -0.0477. The van der Waals surface area contributed by atoms with E-state index in [0.717, 1.165) is 16.6 Å². The Morgan fingerprint density at radius 1 is 0.839 bits per heavy atom. The quantitative estimate of drug-likeness (QED) is 0.433. The highest BCUT2D eigenvalue weighted by Crippen LogP contribution is 2.26. The maximum atomic E-state index is 13.6. The number of benzene rings is 2. The molecule has 2 aromatic carbocycles. The Labute approximate surface area is 180 Å². The lowest BCUT2D eigenvalue weighted by Crippen LogP contribution is -2.26. The van der Waals surface area contributed by atoms with Crippen molar-refractivity contribution >= 4 is 33.2 Å². The normalized spacial score (nSPS) is 11.9. The summed E-state index contributed by atoms with van der Waals surface area (Å²) in [6, 6.07) is 16.2. The molecule has 3 heterocycles. The molecule has 0 saturated carbocycles. The molecule has 0 aliphatic carbocycles. The standard InChI is InChI=1S/C25H25N5O/c1-15(2)13-29-17(4)26-23-21(25(29)31)22-24(28-20-8-6-5-7-19(20)27-22)30(23)14-18-11-9-16(3)10-12-18/h5-12,15H,13-14H2,1-4H3. The zero-order valence-electron chi connectivity index (χ0n) is 18.3. The number of hydrogen-bond acceptors (Lipinski definition) is 4. The van der Waals surface area contributed by atoms with Gasteiger partial charge in [0.1, 0.15) is 16.7 Å². The third-order valence-corrected chi connectivity index (χ3v) is 5.65. The van der Waals surface area contributed by atoms with Crippen LogP contribution in [0.3, 0.4) is 0 Å². The first-order valence-corrected chi connectivity index (χ1v) is 10.6. The number of fused-ring (bicyclic) bond motifs is 4. The smallest absolute Gasteiger partial charge is 0.265 e. The third-order valence-electron chi connectivity index (χ3n) is 5.65. The zero-order chi connectivity index (χ0) is 21.7. The topological polar surface area (TPSA) is 65.6 Å². The molecule has 0 aliphatic rings. The van der Waals surface area contributed by atoms with Crippen LogP contribution in [0.4, 0.5) is 0 Å². The molecule has 6 heteroatoms. The Balaban J connectivity index is 1.87. The summed E-state index contributed by atoms with van der Waals surface area (Å²) >= 11 is 0. The lowest BCUT2D eigenvalue weighted by Gasteiger charge is -2.12. The summed E-state index contributed by atoms with van der Waals surface area (Å²) in [6.45, 7) is 9.37. The molecule has 5 rings (SSSR count). The summed E-state index contributed by atoms with van der Waals surface area (Å²) in [7, 11) is 0. The molecule has 0 amide bonds. The van der Waals surface area contributed by atoms with Crippen molar-refractivity contribution in [3.05, 3.63) is 75.8 Å². The van der Waals surface area contributed by atoms with Crippen LogP contribution in [0.15, 0.2) is 53.3 Å². The van der Waals surface area contributed by atoms with Crippen molar-refractivity contribution in [3.63, 3.8) is 0 Å². The highest BCUT2D eigenvalue weighted by molar-refractivity contribution is 6.04. The van der Waals surface area contributed by atoms with Crippen molar-refractivity contribution in [1.29, 1.82) is 0 Å². The molecule has 3 aromatic heterocycles. The van der Waals surface area contributed by atoms with Crippen LogP contribution < -0.4 is 5.56 Å². The van der Waals surface area contributed by atoms with Crippen LogP contribution in [0.25, 0.3) is 33.2 Å². The molecular formula is C25H25N5O. The van der Waals surface area contributed by atoms with Crippen LogP contribution in [0.1, 0.15) is 30.8 Å². The number of rotatable bonds is 4. The average molecular weight is 412 g/mol. The van der Waals surface area contributed by atoms with Gasteiger partial charge in [0, 0.05) is 6.54 Å². The van der Waals surface area contributed by atoms with Crippen LogP contribution in [-0.4, -0.2) is 24.1 Å². The molecule has 0 saturated heterocycles. The number of aromatic nitrogens is 5. The second-order valence-electron chi connectivity index (χ2n) is 8.62. The number of nitrogens with zero attached hydrogens (tertiary/aromatic N) is 5. The van der Waals surface area contributed by atoms with E-state index >= 15 is 0 Å². The van der Waals surface area contributed by atoms with Crippen molar-refractivity contribution in [2.24, 2.45) is 5.92 Å². The van der Waals surface area contributed by atoms with Gasteiger partial charge in [-0.05, 0) is 37.5 Å². The molecule has 0 bridgehead atoms. The third kappa shape index (κ3) is 3.28. The van der Waals surface area contributed by atoms with Gasteiger partial charge in [-0.15, -0.1) is 0 Å². The number of para-hydroxylation sites is 2. The first kappa shape index (κ1) is 19.4. The van der Waals surface area contributed by atoms with Crippen LogP contribution in [-0.2, 0) is 13.1 Å². The SMILES string of the molecule is Cc1ccc(Cn2c3nc4ccccc4nc3c3c(=O)n(CC(C)C)c(C)nc32)cc1. The molecule has 0 radical (unpaired) electrons. The molecular weight excluding hydrogens is 386 g/mol. The number of aryl methyl sites for hydroxylation is 2. The Morgan fingerprint density at radius 3 is 2.19 bits per heavy atom. The monoisotopic (exact) mass is 411 g/mol. The zero-order valence-corrected chi connectivity index (χ0v) is 18.3. The number of hydrogen-bond donors (Lipinski definition) is 0. The van der Waals surface area contributed by atoms with Crippen LogP contribution in [0.5, 0.6) is 0 Å². The molecule has 156 valence electrons. The summed E-state index contributed by atoms with van der Waals surface area (Å²) < 4.78 is 3.79. The molecule has 0 spiro atoms. The van der Waals surface area contributed by atoms with Gasteiger partial charge in [0.15, 0.2) is 11.3 Å². The summed E-state index contributed by atoms with van der Waals surface area (Å²) in [4.78, 5) is 28.2. The second-order valence-corrected chi connectivity index (χ2v) is 8.62. The fourth-order valence-corrected chi connectivity index (χ4v) is 4.10. The average Bonchev–Trinajstić information content (AvgIpc) is 3.03. The van der Waals surface area contributed by atoms with Crippen molar-refractivity contribution in [3.8, 4) is 0 Å². The maximum absolute atomic E-state index is 13.6. The Kier molecular flexibility index (Phi) is 4.58. The van der Waals surface area contributed by atoms with Crippen molar-refractivity contribution < 1.29 is 0 Å². The highest BCUT2D eigenvalue weighted by Gasteiger charge is 2.21. The van der Waals surface area contributed by atoms with E-state index in [0.29, 0.717) is 47.0 Å². The molecule has 5 aromatic rings. The Hall–Kier alpha value is -3.54. The van der Waals surface area contributed by atoms with Gasteiger partial charge in [-0.3, -0.25) is 9.36 Å². The molecule has 0 fully saturated rings. The van der Waals surface area contributed by atoms with E-state index in [1.54, 1.807) is 4.57 Å². The first-order valence-electron chi connectivity index (χ1n) is 10.6. The van der Waals surface area contributed by atoms with Gasteiger partial charge < -0.3 is 4.57 Å². The lowest BCUT2D eigenvalue weighted by molar-refractivity contribution is 0.497. The maximum Gasteiger partial charge on any atom is 0.265 e. The van der Waals surface area contributed by atoms with Gasteiger partial charge in [-0.25, -0.2) is 15.0 Å². The van der Waals surface area contributed by atoms with Crippen molar-refractivity contribution in [2.75, 3.05) is 0 Å². The minimum Gasteiger partial charge on any atom is -0.304 e. The van der Waals surface area contributed by atoms with Crippen molar-refractivity contribution in [1.82, 2.24) is 24.1 Å².